The summed E-state index contributed by atoms with van der Waals surface area (Å²) in [5.41, 5.74) is 5.19. The van der Waals surface area contributed by atoms with Crippen LogP contribution in [0.5, 0.6) is 0 Å². The number of aryl methyl sites for hydroxylation is 2. The fraction of sp³-hybridized carbons (Fsp3) is 0.286. The highest BCUT2D eigenvalue weighted by Gasteiger charge is 2.25. The monoisotopic (exact) mass is 460 g/mol. The number of esters is 1. The molecule has 0 spiro atoms. The number of rotatable bonds is 8. The molecular weight excluding hydrogens is 431 g/mol. The number of halogens is 1. The average molecular weight is 461 g/mol. The van der Waals surface area contributed by atoms with Crippen molar-refractivity contribution in [2.75, 3.05) is 23.5 Å². The van der Waals surface area contributed by atoms with Crippen LogP contribution in [0.3, 0.4) is 0 Å². The first kappa shape index (κ1) is 23.5. The molecule has 34 heavy (non-hydrogen) atoms. The second-order valence-electron chi connectivity index (χ2n) is 8.46. The van der Waals surface area contributed by atoms with Crippen molar-refractivity contribution in [2.45, 2.75) is 39.2 Å². The highest BCUT2D eigenvalue weighted by molar-refractivity contribution is 6.03. The number of fused-ring (bicyclic) bond motifs is 1. The molecule has 0 N–H and O–H groups in total. The molecule has 0 fully saturated rings. The van der Waals surface area contributed by atoms with Crippen LogP contribution in [0.2, 0.25) is 0 Å². The first-order valence-electron chi connectivity index (χ1n) is 11.6. The molecule has 0 aromatic heterocycles. The maximum atomic E-state index is 14.7. The van der Waals surface area contributed by atoms with Gasteiger partial charge in [-0.15, -0.1) is 0 Å². The lowest BCUT2D eigenvalue weighted by molar-refractivity contribution is -0.143. The van der Waals surface area contributed by atoms with Crippen LogP contribution in [-0.4, -0.2) is 25.5 Å². The summed E-state index contributed by atoms with van der Waals surface area (Å²) in [4.78, 5) is 28.1. The zero-order valence-corrected chi connectivity index (χ0v) is 19.6. The van der Waals surface area contributed by atoms with Crippen LogP contribution >= 0.6 is 0 Å². The third-order valence-electron chi connectivity index (χ3n) is 6.06. The standard InChI is InChI=1S/C28H29FN2O3/c1-3-34-28(33)16-13-21-11-14-24(18-25(21)29)30(2)19-20-9-10-22-12-15-27(32)31(26(22)17-20)23-7-5-4-6-8-23/h4-11,14,17-18H,3,12-13,15-16,19H2,1-2H3. The summed E-state index contributed by atoms with van der Waals surface area (Å²) in [6.07, 6.45) is 1.68. The zero-order chi connectivity index (χ0) is 24.1. The molecule has 3 aromatic carbocycles. The molecule has 6 heteroatoms. The predicted octanol–water partition coefficient (Wildman–Crippen LogP) is 5.57. The lowest BCUT2D eigenvalue weighted by atomic mass is 9.98. The van der Waals surface area contributed by atoms with Crippen molar-refractivity contribution in [1.82, 2.24) is 0 Å². The summed E-state index contributed by atoms with van der Waals surface area (Å²) >= 11 is 0. The molecule has 1 aliphatic heterocycles. The molecule has 0 bridgehead atoms. The molecular formula is C28H29FN2O3. The lowest BCUT2D eigenvalue weighted by Crippen LogP contribution is -2.31. The number of benzene rings is 3. The Morgan fingerprint density at radius 1 is 1.06 bits per heavy atom. The highest BCUT2D eigenvalue weighted by atomic mass is 19.1. The van der Waals surface area contributed by atoms with E-state index in [-0.39, 0.29) is 24.1 Å². The molecule has 4 rings (SSSR count). The van der Waals surface area contributed by atoms with Gasteiger partial charge in [0.1, 0.15) is 5.82 Å². The van der Waals surface area contributed by atoms with Gasteiger partial charge in [0.15, 0.2) is 0 Å². The number of carbonyl (C=O) groups is 2. The number of hydrogen-bond donors (Lipinski definition) is 0. The average Bonchev–Trinajstić information content (AvgIpc) is 2.84. The molecule has 0 unspecified atom stereocenters. The maximum Gasteiger partial charge on any atom is 0.306 e. The zero-order valence-electron chi connectivity index (χ0n) is 19.6. The van der Waals surface area contributed by atoms with E-state index in [1.165, 1.54) is 6.07 Å². The Balaban J connectivity index is 1.50. The normalized spacial score (nSPS) is 12.9. The van der Waals surface area contributed by atoms with Crippen LogP contribution in [-0.2, 0) is 33.7 Å². The Labute approximate surface area is 199 Å². The number of nitrogens with zero attached hydrogens (tertiary/aromatic N) is 2. The van der Waals surface area contributed by atoms with Crippen molar-refractivity contribution in [3.05, 3.63) is 89.2 Å². The van der Waals surface area contributed by atoms with Crippen LogP contribution in [0, 0.1) is 5.82 Å². The Hall–Kier alpha value is -3.67. The first-order chi connectivity index (χ1) is 16.5. The molecule has 0 atom stereocenters. The van der Waals surface area contributed by atoms with Crippen molar-refractivity contribution in [3.8, 4) is 0 Å². The Morgan fingerprint density at radius 2 is 1.85 bits per heavy atom. The third-order valence-corrected chi connectivity index (χ3v) is 6.06. The fourth-order valence-corrected chi connectivity index (χ4v) is 4.29. The first-order valence-corrected chi connectivity index (χ1v) is 11.6. The topological polar surface area (TPSA) is 49.9 Å². The highest BCUT2D eigenvalue weighted by Crippen LogP contribution is 2.35. The Morgan fingerprint density at radius 3 is 2.59 bits per heavy atom. The van der Waals surface area contributed by atoms with E-state index >= 15 is 0 Å². The van der Waals surface area contributed by atoms with E-state index in [9.17, 15) is 14.0 Å². The number of hydrogen-bond acceptors (Lipinski definition) is 4. The van der Waals surface area contributed by atoms with Crippen LogP contribution in [0.25, 0.3) is 0 Å². The smallest absolute Gasteiger partial charge is 0.306 e. The van der Waals surface area contributed by atoms with Crippen molar-refractivity contribution in [1.29, 1.82) is 0 Å². The van der Waals surface area contributed by atoms with Crippen LogP contribution in [0.15, 0.2) is 66.7 Å². The lowest BCUT2D eigenvalue weighted by Gasteiger charge is -2.30. The van der Waals surface area contributed by atoms with E-state index < -0.39 is 0 Å². The SMILES string of the molecule is CCOC(=O)CCc1ccc(N(C)Cc2ccc3c(c2)N(c2ccccc2)C(=O)CC3)cc1F. The van der Waals surface area contributed by atoms with Gasteiger partial charge in [0.2, 0.25) is 5.91 Å². The van der Waals surface area contributed by atoms with Gasteiger partial charge >= 0.3 is 5.97 Å². The second-order valence-corrected chi connectivity index (χ2v) is 8.46. The molecule has 0 saturated heterocycles. The van der Waals surface area contributed by atoms with E-state index in [1.807, 2.05) is 48.3 Å². The molecule has 0 radical (unpaired) electrons. The van der Waals surface area contributed by atoms with Gasteiger partial charge in [0, 0.05) is 37.8 Å². The number of anilines is 3. The number of amides is 1. The second kappa shape index (κ2) is 10.5. The number of ether oxygens (including phenoxy) is 1. The summed E-state index contributed by atoms with van der Waals surface area (Å²) in [6, 6.07) is 21.0. The minimum atomic E-state index is -0.333. The van der Waals surface area contributed by atoms with Crippen molar-refractivity contribution in [3.63, 3.8) is 0 Å². The van der Waals surface area contributed by atoms with E-state index in [0.29, 0.717) is 31.6 Å². The molecule has 0 saturated carbocycles. The van der Waals surface area contributed by atoms with Crippen LogP contribution in [0.4, 0.5) is 21.5 Å². The molecule has 1 heterocycles. The van der Waals surface area contributed by atoms with Gasteiger partial charge in [-0.3, -0.25) is 14.5 Å². The van der Waals surface area contributed by atoms with Crippen LogP contribution < -0.4 is 9.80 Å². The number of para-hydroxylation sites is 1. The molecule has 176 valence electrons. The third kappa shape index (κ3) is 5.28. The minimum Gasteiger partial charge on any atom is -0.466 e. The van der Waals surface area contributed by atoms with Crippen LogP contribution in [0.1, 0.15) is 36.5 Å². The molecule has 3 aromatic rings. The minimum absolute atomic E-state index is 0.0877. The Kier molecular flexibility index (Phi) is 7.26. The maximum absolute atomic E-state index is 14.7. The van der Waals surface area contributed by atoms with E-state index in [1.54, 1.807) is 17.9 Å². The largest absolute Gasteiger partial charge is 0.466 e. The van der Waals surface area contributed by atoms with E-state index in [4.69, 9.17) is 4.74 Å². The van der Waals surface area contributed by atoms with Gasteiger partial charge < -0.3 is 9.64 Å². The quantitative estimate of drug-likeness (QED) is 0.413. The molecule has 1 aliphatic rings. The molecule has 5 nitrogen and oxygen atoms in total. The summed E-state index contributed by atoms with van der Waals surface area (Å²) in [5, 5.41) is 0. The fourth-order valence-electron chi connectivity index (χ4n) is 4.29. The van der Waals surface area contributed by atoms with Gasteiger partial charge in [-0.05, 0) is 66.8 Å². The van der Waals surface area contributed by atoms with Gasteiger partial charge in [-0.1, -0.05) is 36.4 Å². The number of carbonyl (C=O) groups excluding carboxylic acids is 2. The van der Waals surface area contributed by atoms with Crippen molar-refractivity contribution < 1.29 is 18.7 Å². The van der Waals surface area contributed by atoms with E-state index in [0.717, 1.165) is 34.6 Å². The summed E-state index contributed by atoms with van der Waals surface area (Å²) in [7, 11) is 1.91. The summed E-state index contributed by atoms with van der Waals surface area (Å²) in [6.45, 7) is 2.64. The molecule has 0 aliphatic carbocycles. The summed E-state index contributed by atoms with van der Waals surface area (Å²) < 4.78 is 19.6. The van der Waals surface area contributed by atoms with Gasteiger partial charge in [-0.25, -0.2) is 4.39 Å². The molecule has 1 amide bonds. The van der Waals surface area contributed by atoms with Crippen molar-refractivity contribution >= 4 is 28.9 Å². The van der Waals surface area contributed by atoms with E-state index in [2.05, 4.69) is 18.2 Å². The van der Waals surface area contributed by atoms with Crippen molar-refractivity contribution in [2.24, 2.45) is 0 Å². The summed E-state index contributed by atoms with van der Waals surface area (Å²) in [5.74, 6) is -0.567. The predicted molar refractivity (Wildman–Crippen MR) is 132 cm³/mol. The van der Waals surface area contributed by atoms with Gasteiger partial charge in [-0.2, -0.15) is 0 Å². The van der Waals surface area contributed by atoms with Gasteiger partial charge in [0.25, 0.3) is 0 Å². The Bertz CT molecular complexity index is 1180. The van der Waals surface area contributed by atoms with Gasteiger partial charge in [0.05, 0.1) is 12.3 Å².